The SMILES string of the molecule is N=C(N)c1ccc2c(ccn2Cc2ccc(C=O)cc2)c1. The Morgan fingerprint density at radius 3 is 2.57 bits per heavy atom. The number of nitrogen functional groups attached to an aromatic ring is 1. The van der Waals surface area contributed by atoms with E-state index in [2.05, 4.69) is 4.57 Å². The van der Waals surface area contributed by atoms with Crippen molar-refractivity contribution in [1.82, 2.24) is 4.57 Å². The zero-order chi connectivity index (χ0) is 14.8. The highest BCUT2D eigenvalue weighted by Crippen LogP contribution is 2.19. The smallest absolute Gasteiger partial charge is 0.150 e. The second-order valence-corrected chi connectivity index (χ2v) is 4.99. The molecule has 0 aliphatic rings. The molecule has 0 saturated carbocycles. The van der Waals surface area contributed by atoms with Crippen LogP contribution < -0.4 is 5.73 Å². The minimum Gasteiger partial charge on any atom is -0.384 e. The first-order valence-electron chi connectivity index (χ1n) is 6.65. The molecule has 0 amide bonds. The predicted molar refractivity (Wildman–Crippen MR) is 83.9 cm³/mol. The molecule has 1 aromatic heterocycles. The highest BCUT2D eigenvalue weighted by Gasteiger charge is 2.04. The Bertz CT molecular complexity index is 816. The summed E-state index contributed by atoms with van der Waals surface area (Å²) in [5, 5.41) is 8.54. The fraction of sp³-hybridized carbons (Fsp3) is 0.0588. The van der Waals surface area contributed by atoms with Crippen molar-refractivity contribution in [3.8, 4) is 0 Å². The third-order valence-corrected chi connectivity index (χ3v) is 3.55. The molecule has 3 N–H and O–H groups in total. The molecule has 104 valence electrons. The van der Waals surface area contributed by atoms with Crippen molar-refractivity contribution in [2.45, 2.75) is 6.54 Å². The van der Waals surface area contributed by atoms with E-state index in [1.54, 1.807) is 0 Å². The number of aldehydes is 1. The Morgan fingerprint density at radius 1 is 1.14 bits per heavy atom. The van der Waals surface area contributed by atoms with Gasteiger partial charge in [-0.1, -0.05) is 24.3 Å². The number of rotatable bonds is 4. The van der Waals surface area contributed by atoms with Gasteiger partial charge < -0.3 is 10.3 Å². The number of hydrogen-bond acceptors (Lipinski definition) is 2. The van der Waals surface area contributed by atoms with Crippen LogP contribution in [0.1, 0.15) is 21.5 Å². The molecule has 0 saturated heterocycles. The third-order valence-electron chi connectivity index (χ3n) is 3.55. The Labute approximate surface area is 122 Å². The molecule has 0 radical (unpaired) electrons. The molecule has 3 aromatic rings. The highest BCUT2D eigenvalue weighted by molar-refractivity contribution is 5.98. The number of nitrogens with one attached hydrogen (secondary N) is 1. The highest BCUT2D eigenvalue weighted by atomic mass is 16.1. The minimum absolute atomic E-state index is 0.0779. The molecule has 21 heavy (non-hydrogen) atoms. The van der Waals surface area contributed by atoms with Gasteiger partial charge in [0.1, 0.15) is 12.1 Å². The van der Waals surface area contributed by atoms with Crippen molar-refractivity contribution < 1.29 is 4.79 Å². The molecule has 2 aromatic carbocycles. The van der Waals surface area contributed by atoms with Crippen LogP contribution in [0.3, 0.4) is 0 Å². The Balaban J connectivity index is 1.93. The summed E-state index contributed by atoms with van der Waals surface area (Å²) in [6.07, 6.45) is 2.86. The topological polar surface area (TPSA) is 71.9 Å². The van der Waals surface area contributed by atoms with Crippen molar-refractivity contribution >= 4 is 23.0 Å². The lowest BCUT2D eigenvalue weighted by Crippen LogP contribution is -2.10. The van der Waals surface area contributed by atoms with E-state index in [4.69, 9.17) is 11.1 Å². The molecular weight excluding hydrogens is 262 g/mol. The lowest BCUT2D eigenvalue weighted by Gasteiger charge is -2.07. The van der Waals surface area contributed by atoms with E-state index in [0.29, 0.717) is 5.56 Å². The number of carbonyl (C=O) groups excluding carboxylic acids is 1. The van der Waals surface area contributed by atoms with Crippen molar-refractivity contribution in [3.63, 3.8) is 0 Å². The summed E-state index contributed by atoms with van der Waals surface area (Å²) < 4.78 is 2.13. The first-order valence-corrected chi connectivity index (χ1v) is 6.65. The number of carbonyl (C=O) groups is 1. The van der Waals surface area contributed by atoms with Crippen LogP contribution >= 0.6 is 0 Å². The van der Waals surface area contributed by atoms with E-state index in [0.717, 1.165) is 34.9 Å². The van der Waals surface area contributed by atoms with E-state index in [9.17, 15) is 4.79 Å². The molecule has 0 bridgehead atoms. The number of nitrogens with zero attached hydrogens (tertiary/aromatic N) is 1. The van der Waals surface area contributed by atoms with Crippen LogP contribution in [0.2, 0.25) is 0 Å². The van der Waals surface area contributed by atoms with Gasteiger partial charge in [-0.05, 0) is 29.8 Å². The molecular formula is C17H15N3O. The normalized spacial score (nSPS) is 10.7. The second kappa shape index (κ2) is 5.25. The molecule has 0 fully saturated rings. The largest absolute Gasteiger partial charge is 0.384 e. The zero-order valence-electron chi connectivity index (χ0n) is 11.4. The molecule has 3 rings (SSSR count). The molecule has 0 atom stereocenters. The number of hydrogen-bond donors (Lipinski definition) is 2. The number of amidine groups is 1. The summed E-state index contributed by atoms with van der Waals surface area (Å²) in [5.74, 6) is 0.0779. The van der Waals surface area contributed by atoms with Gasteiger partial charge in [0.2, 0.25) is 0 Å². The Hall–Kier alpha value is -2.88. The van der Waals surface area contributed by atoms with E-state index in [1.165, 1.54) is 0 Å². The molecule has 4 heteroatoms. The molecule has 0 unspecified atom stereocenters. The van der Waals surface area contributed by atoms with Crippen LogP contribution in [0, 0.1) is 5.41 Å². The average molecular weight is 277 g/mol. The Morgan fingerprint density at radius 2 is 1.90 bits per heavy atom. The first kappa shape index (κ1) is 13.1. The molecule has 0 aliphatic heterocycles. The molecule has 0 spiro atoms. The van der Waals surface area contributed by atoms with Crippen molar-refractivity contribution in [2.24, 2.45) is 5.73 Å². The van der Waals surface area contributed by atoms with Gasteiger partial charge in [-0.2, -0.15) is 0 Å². The number of fused-ring (bicyclic) bond motifs is 1. The van der Waals surface area contributed by atoms with Gasteiger partial charge >= 0.3 is 0 Å². The van der Waals surface area contributed by atoms with Crippen LogP contribution in [0.15, 0.2) is 54.7 Å². The van der Waals surface area contributed by atoms with Gasteiger partial charge in [0.25, 0.3) is 0 Å². The van der Waals surface area contributed by atoms with Crippen LogP contribution in [0.5, 0.6) is 0 Å². The summed E-state index contributed by atoms with van der Waals surface area (Å²) in [4.78, 5) is 10.7. The van der Waals surface area contributed by atoms with Gasteiger partial charge in [-0.15, -0.1) is 0 Å². The summed E-state index contributed by atoms with van der Waals surface area (Å²) in [6, 6.07) is 15.3. The lowest BCUT2D eigenvalue weighted by molar-refractivity contribution is 0.112. The van der Waals surface area contributed by atoms with Crippen LogP contribution in [0.4, 0.5) is 0 Å². The number of benzene rings is 2. The van der Waals surface area contributed by atoms with Crippen LogP contribution in [0.25, 0.3) is 10.9 Å². The maximum Gasteiger partial charge on any atom is 0.150 e. The third kappa shape index (κ3) is 2.56. The Kier molecular flexibility index (Phi) is 3.28. The minimum atomic E-state index is 0.0779. The summed E-state index contributed by atoms with van der Waals surface area (Å²) in [6.45, 7) is 0.738. The number of nitrogens with two attached hydrogens (primary N) is 1. The summed E-state index contributed by atoms with van der Waals surface area (Å²) >= 11 is 0. The quantitative estimate of drug-likeness (QED) is 0.437. The van der Waals surface area contributed by atoms with Gasteiger partial charge in [0, 0.05) is 34.8 Å². The van der Waals surface area contributed by atoms with E-state index < -0.39 is 0 Å². The zero-order valence-corrected chi connectivity index (χ0v) is 11.4. The second-order valence-electron chi connectivity index (χ2n) is 4.99. The maximum absolute atomic E-state index is 10.7. The van der Waals surface area contributed by atoms with Gasteiger partial charge in [-0.25, -0.2) is 0 Å². The lowest BCUT2D eigenvalue weighted by atomic mass is 10.1. The van der Waals surface area contributed by atoms with Crippen LogP contribution in [-0.2, 0) is 6.54 Å². The molecule has 4 nitrogen and oxygen atoms in total. The average Bonchev–Trinajstić information content (AvgIpc) is 2.90. The fourth-order valence-corrected chi connectivity index (χ4v) is 2.40. The van der Waals surface area contributed by atoms with E-state index in [1.807, 2.05) is 54.7 Å². The first-order chi connectivity index (χ1) is 10.2. The summed E-state index contributed by atoms with van der Waals surface area (Å²) in [5.41, 5.74) is 9.15. The fourth-order valence-electron chi connectivity index (χ4n) is 2.40. The van der Waals surface area contributed by atoms with Crippen LogP contribution in [-0.4, -0.2) is 16.7 Å². The van der Waals surface area contributed by atoms with Crippen molar-refractivity contribution in [2.75, 3.05) is 0 Å². The van der Waals surface area contributed by atoms with E-state index in [-0.39, 0.29) is 5.84 Å². The van der Waals surface area contributed by atoms with E-state index >= 15 is 0 Å². The maximum atomic E-state index is 10.7. The van der Waals surface area contributed by atoms with Gasteiger partial charge in [0.15, 0.2) is 0 Å². The van der Waals surface area contributed by atoms with Crippen molar-refractivity contribution in [3.05, 3.63) is 71.4 Å². The molecule has 1 heterocycles. The van der Waals surface area contributed by atoms with Gasteiger partial charge in [-0.3, -0.25) is 10.2 Å². The standard InChI is InChI=1S/C17H15N3O/c18-17(19)15-5-6-16-14(9-15)7-8-20(16)10-12-1-3-13(11-21)4-2-12/h1-9,11H,10H2,(H3,18,19). The molecule has 0 aliphatic carbocycles. The van der Waals surface area contributed by atoms with Crippen molar-refractivity contribution in [1.29, 1.82) is 5.41 Å². The summed E-state index contributed by atoms with van der Waals surface area (Å²) in [7, 11) is 0. The number of aromatic nitrogens is 1. The van der Waals surface area contributed by atoms with Gasteiger partial charge in [0.05, 0.1) is 0 Å². The predicted octanol–water partition coefficient (Wildman–Crippen LogP) is 2.79. The monoisotopic (exact) mass is 277 g/mol.